The van der Waals surface area contributed by atoms with Gasteiger partial charge in [-0.25, -0.2) is 0 Å². The first-order chi connectivity index (χ1) is 10.0. The molecule has 0 bridgehead atoms. The molecule has 1 heterocycles. The second-order valence-electron chi connectivity index (χ2n) is 5.55. The van der Waals surface area contributed by atoms with Crippen molar-refractivity contribution >= 4 is 11.5 Å². The lowest BCUT2D eigenvalue weighted by Gasteiger charge is -2.15. The molecular weight excluding hydrogens is 264 g/mol. The molecule has 21 heavy (non-hydrogen) atoms. The smallest absolute Gasteiger partial charge is 0.469 e. The predicted octanol–water partition coefficient (Wildman–Crippen LogP) is 2.74. The Hall–Kier alpha value is -2.62. The third-order valence-electron chi connectivity index (χ3n) is 3.75. The van der Waals surface area contributed by atoms with Crippen LogP contribution >= 0.6 is 0 Å². The molecule has 0 saturated carbocycles. The normalized spacial score (nSPS) is 17.4. The van der Waals surface area contributed by atoms with Crippen LogP contribution in [0.15, 0.2) is 60.7 Å². The van der Waals surface area contributed by atoms with Crippen LogP contribution in [0, 0.1) is 10.4 Å². The molecule has 0 spiro atoms. The largest absolute Gasteiger partial charge is 0.618 e. The van der Waals surface area contributed by atoms with Crippen LogP contribution < -0.4 is 0 Å². The summed E-state index contributed by atoms with van der Waals surface area (Å²) in [6, 6.07) is 18.4. The molecule has 2 aromatic carbocycles. The Morgan fingerprint density at radius 3 is 1.76 bits per heavy atom. The number of amidine groups is 1. The SMILES string of the molecule is CC1(C)C(c2ccccc2)=[N+]([O-])C(c2ccccc2)=[N+]1[O-]. The van der Waals surface area contributed by atoms with Crippen molar-refractivity contribution in [1.29, 1.82) is 0 Å². The van der Waals surface area contributed by atoms with Crippen LogP contribution in [0.1, 0.15) is 25.0 Å². The van der Waals surface area contributed by atoms with Gasteiger partial charge in [0.15, 0.2) is 0 Å². The zero-order valence-electron chi connectivity index (χ0n) is 12.0. The number of benzene rings is 2. The molecule has 0 fully saturated rings. The zero-order chi connectivity index (χ0) is 15.0. The zero-order valence-corrected chi connectivity index (χ0v) is 12.0. The molecule has 106 valence electrons. The number of hydroxylamine groups is 2. The van der Waals surface area contributed by atoms with E-state index in [-0.39, 0.29) is 5.84 Å². The molecule has 0 aromatic heterocycles. The maximum absolute atomic E-state index is 12.7. The molecule has 3 rings (SSSR count). The Morgan fingerprint density at radius 1 is 0.762 bits per heavy atom. The highest BCUT2D eigenvalue weighted by Gasteiger charge is 2.52. The summed E-state index contributed by atoms with van der Waals surface area (Å²) in [4.78, 5) is 0. The lowest BCUT2D eigenvalue weighted by atomic mass is 9.93. The molecule has 4 nitrogen and oxygen atoms in total. The van der Waals surface area contributed by atoms with Crippen LogP contribution in [0.3, 0.4) is 0 Å². The quantitative estimate of drug-likeness (QED) is 0.627. The summed E-state index contributed by atoms with van der Waals surface area (Å²) in [6.07, 6.45) is 0. The topological polar surface area (TPSA) is 52.1 Å². The molecule has 1 aliphatic heterocycles. The van der Waals surface area contributed by atoms with Gasteiger partial charge in [0.05, 0.1) is 5.56 Å². The van der Waals surface area contributed by atoms with Crippen LogP contribution in [0.25, 0.3) is 0 Å². The first-order valence-electron chi connectivity index (χ1n) is 6.83. The van der Waals surface area contributed by atoms with Crippen molar-refractivity contribution in [3.8, 4) is 0 Å². The first-order valence-corrected chi connectivity index (χ1v) is 6.83. The van der Waals surface area contributed by atoms with Gasteiger partial charge in [-0.3, -0.25) is 0 Å². The minimum absolute atomic E-state index is 0.138. The summed E-state index contributed by atoms with van der Waals surface area (Å²) in [5.74, 6) is 0.138. The van der Waals surface area contributed by atoms with Gasteiger partial charge in [-0.15, -0.1) is 9.48 Å². The summed E-state index contributed by atoms with van der Waals surface area (Å²) in [7, 11) is 0. The van der Waals surface area contributed by atoms with Crippen molar-refractivity contribution < 1.29 is 9.48 Å². The van der Waals surface area contributed by atoms with Gasteiger partial charge in [-0.05, 0) is 24.3 Å². The van der Waals surface area contributed by atoms with Crippen molar-refractivity contribution in [3.63, 3.8) is 0 Å². The fraction of sp³-hybridized carbons (Fsp3) is 0.176. The van der Waals surface area contributed by atoms with E-state index < -0.39 is 5.54 Å². The summed E-state index contributed by atoms with van der Waals surface area (Å²) in [6.45, 7) is 3.53. The van der Waals surface area contributed by atoms with Crippen LogP contribution in [0.5, 0.6) is 0 Å². The molecular formula is C17H16N2O2. The van der Waals surface area contributed by atoms with Gasteiger partial charge in [0.1, 0.15) is 5.56 Å². The standard InChI is InChI=1S/C17H16N2O2/c1-17(2)15(13-9-5-3-6-10-13)18(20)16(19(17)21)14-11-7-4-8-12-14/h3-12H,1-2H3. The van der Waals surface area contributed by atoms with E-state index >= 15 is 0 Å². The van der Waals surface area contributed by atoms with Crippen LogP contribution in [-0.2, 0) is 0 Å². The molecule has 4 heteroatoms. The highest BCUT2D eigenvalue weighted by Crippen LogP contribution is 2.24. The van der Waals surface area contributed by atoms with Gasteiger partial charge in [0.25, 0.3) is 11.3 Å². The van der Waals surface area contributed by atoms with E-state index in [4.69, 9.17) is 0 Å². The summed E-state index contributed by atoms with van der Waals surface area (Å²) in [5, 5.41) is 25.4. The van der Waals surface area contributed by atoms with Crippen molar-refractivity contribution in [2.45, 2.75) is 19.4 Å². The second kappa shape index (κ2) is 4.74. The fourth-order valence-corrected chi connectivity index (χ4v) is 2.69. The Balaban J connectivity index is 2.22. The molecule has 0 amide bonds. The molecule has 1 aliphatic rings. The molecule has 0 saturated heterocycles. The molecule has 0 atom stereocenters. The Kier molecular flexibility index (Phi) is 3.01. The van der Waals surface area contributed by atoms with Gasteiger partial charge in [-0.1, -0.05) is 36.4 Å². The summed E-state index contributed by atoms with van der Waals surface area (Å²) >= 11 is 0. The van der Waals surface area contributed by atoms with Gasteiger partial charge in [0, 0.05) is 13.8 Å². The Bertz CT molecular complexity index is 732. The Morgan fingerprint density at radius 2 is 1.24 bits per heavy atom. The van der Waals surface area contributed by atoms with E-state index in [1.807, 2.05) is 48.5 Å². The van der Waals surface area contributed by atoms with Crippen molar-refractivity contribution in [1.82, 2.24) is 0 Å². The number of rotatable bonds is 2. The van der Waals surface area contributed by atoms with Crippen molar-refractivity contribution in [2.75, 3.05) is 0 Å². The highest BCUT2D eigenvalue weighted by atomic mass is 16.5. The van der Waals surface area contributed by atoms with E-state index in [1.165, 1.54) is 0 Å². The number of hydrogen-bond acceptors (Lipinski definition) is 2. The first kappa shape index (κ1) is 13.4. The summed E-state index contributed by atoms with van der Waals surface area (Å²) in [5.41, 5.74) is 0.955. The lowest BCUT2D eigenvalue weighted by molar-refractivity contribution is -0.530. The Labute approximate surface area is 123 Å². The van der Waals surface area contributed by atoms with Crippen molar-refractivity contribution in [3.05, 3.63) is 82.2 Å². The van der Waals surface area contributed by atoms with Crippen LogP contribution in [0.2, 0.25) is 0 Å². The van der Waals surface area contributed by atoms with Gasteiger partial charge < -0.3 is 10.4 Å². The van der Waals surface area contributed by atoms with E-state index in [9.17, 15) is 10.4 Å². The van der Waals surface area contributed by atoms with Crippen LogP contribution in [-0.4, -0.2) is 26.6 Å². The monoisotopic (exact) mass is 280 g/mol. The highest BCUT2D eigenvalue weighted by molar-refractivity contribution is 6.09. The van der Waals surface area contributed by atoms with E-state index in [0.717, 1.165) is 15.0 Å². The van der Waals surface area contributed by atoms with Gasteiger partial charge in [-0.2, -0.15) is 0 Å². The fourth-order valence-electron chi connectivity index (χ4n) is 2.69. The van der Waals surface area contributed by atoms with Gasteiger partial charge >= 0.3 is 5.84 Å². The third kappa shape index (κ3) is 2.00. The van der Waals surface area contributed by atoms with E-state index in [2.05, 4.69) is 0 Å². The van der Waals surface area contributed by atoms with E-state index in [1.54, 1.807) is 26.0 Å². The van der Waals surface area contributed by atoms with Crippen molar-refractivity contribution in [2.24, 2.45) is 0 Å². The molecule has 2 aromatic rings. The summed E-state index contributed by atoms with van der Waals surface area (Å²) < 4.78 is 1.56. The number of hydrogen-bond donors (Lipinski definition) is 0. The van der Waals surface area contributed by atoms with Crippen LogP contribution in [0.4, 0.5) is 0 Å². The second-order valence-corrected chi connectivity index (χ2v) is 5.55. The molecule has 0 unspecified atom stereocenters. The predicted molar refractivity (Wildman–Crippen MR) is 82.4 cm³/mol. The maximum Gasteiger partial charge on any atom is 0.469 e. The average Bonchev–Trinajstić information content (AvgIpc) is 2.67. The molecule has 0 aliphatic carbocycles. The maximum atomic E-state index is 12.7. The number of nitrogens with zero attached hydrogens (tertiary/aromatic N) is 2. The molecule has 0 radical (unpaired) electrons. The van der Waals surface area contributed by atoms with E-state index in [0.29, 0.717) is 11.3 Å². The molecule has 0 N–H and O–H groups in total. The lowest BCUT2D eigenvalue weighted by Crippen LogP contribution is -2.39. The minimum Gasteiger partial charge on any atom is -0.618 e. The van der Waals surface area contributed by atoms with Gasteiger partial charge in [0.2, 0.25) is 0 Å². The third-order valence-corrected chi connectivity index (χ3v) is 3.75. The minimum atomic E-state index is -0.908. The average molecular weight is 280 g/mol.